The van der Waals surface area contributed by atoms with Crippen LogP contribution in [0.5, 0.6) is 0 Å². The molecule has 1 amide bonds. The van der Waals surface area contributed by atoms with E-state index in [0.29, 0.717) is 6.54 Å². The molecule has 0 aromatic carbocycles. The summed E-state index contributed by atoms with van der Waals surface area (Å²) < 4.78 is 5.50. The summed E-state index contributed by atoms with van der Waals surface area (Å²) in [7, 11) is 0. The van der Waals surface area contributed by atoms with Gasteiger partial charge >= 0.3 is 0 Å². The van der Waals surface area contributed by atoms with E-state index in [1.807, 2.05) is 32.5 Å². The van der Waals surface area contributed by atoms with E-state index in [9.17, 15) is 4.79 Å². The van der Waals surface area contributed by atoms with E-state index in [1.165, 1.54) is 0 Å². The first-order valence-corrected chi connectivity index (χ1v) is 7.69. The summed E-state index contributed by atoms with van der Waals surface area (Å²) in [6.45, 7) is 8.19. The quantitative estimate of drug-likeness (QED) is 0.831. The summed E-state index contributed by atoms with van der Waals surface area (Å²) in [5, 5.41) is 3.01. The lowest BCUT2D eigenvalue weighted by Crippen LogP contribution is -2.52. The molecule has 1 aliphatic rings. The van der Waals surface area contributed by atoms with Crippen molar-refractivity contribution in [2.45, 2.75) is 44.4 Å². The zero-order valence-corrected chi connectivity index (χ0v) is 14.0. The van der Waals surface area contributed by atoms with Crippen LogP contribution in [0.25, 0.3) is 0 Å². The number of amides is 1. The van der Waals surface area contributed by atoms with Gasteiger partial charge in [0.05, 0.1) is 6.04 Å². The molecule has 0 aliphatic carbocycles. The second-order valence-corrected chi connectivity index (χ2v) is 7.34. The lowest BCUT2D eigenvalue weighted by atomic mass is 9.87. The molecule has 6 heteroatoms. The second kappa shape index (κ2) is 7.72. The SMILES string of the molecule is CSC1(CNC(=O)[C@@H](N)C(C)(C)C)CCOCC1.Cl. The molecule has 0 aromatic heterocycles. The number of nitrogens with two attached hydrogens (primary N) is 1. The number of rotatable bonds is 4. The van der Waals surface area contributed by atoms with Gasteiger partial charge in [0.2, 0.25) is 5.91 Å². The predicted octanol–water partition coefficient (Wildman–Crippen LogP) is 1.81. The second-order valence-electron chi connectivity index (χ2n) is 6.06. The molecule has 0 aromatic rings. The van der Waals surface area contributed by atoms with E-state index < -0.39 is 6.04 Å². The van der Waals surface area contributed by atoms with Gasteiger partial charge in [-0.15, -0.1) is 12.4 Å². The maximum atomic E-state index is 12.0. The van der Waals surface area contributed by atoms with E-state index >= 15 is 0 Å². The van der Waals surface area contributed by atoms with E-state index in [-0.39, 0.29) is 28.5 Å². The van der Waals surface area contributed by atoms with Crippen LogP contribution in [-0.4, -0.2) is 42.7 Å². The van der Waals surface area contributed by atoms with Crippen molar-refractivity contribution in [1.29, 1.82) is 0 Å². The molecular formula is C13H27ClN2O2S. The van der Waals surface area contributed by atoms with Crippen LogP contribution >= 0.6 is 24.2 Å². The van der Waals surface area contributed by atoms with Gasteiger partial charge in [-0.1, -0.05) is 20.8 Å². The number of ether oxygens (including phenoxy) is 1. The summed E-state index contributed by atoms with van der Waals surface area (Å²) in [5.41, 5.74) is 5.75. The normalized spacial score (nSPS) is 20.3. The highest BCUT2D eigenvalue weighted by atomic mass is 35.5. The van der Waals surface area contributed by atoms with Gasteiger partial charge in [0.25, 0.3) is 0 Å². The van der Waals surface area contributed by atoms with Crippen molar-refractivity contribution in [1.82, 2.24) is 5.32 Å². The third-order valence-electron chi connectivity index (χ3n) is 3.64. The summed E-state index contributed by atoms with van der Waals surface area (Å²) in [6, 6.07) is -0.462. The third kappa shape index (κ3) is 5.50. The van der Waals surface area contributed by atoms with Crippen LogP contribution in [0.3, 0.4) is 0 Å². The maximum Gasteiger partial charge on any atom is 0.237 e. The van der Waals surface area contributed by atoms with E-state index in [2.05, 4.69) is 11.6 Å². The molecule has 1 atom stereocenters. The topological polar surface area (TPSA) is 64.4 Å². The fraction of sp³-hybridized carbons (Fsp3) is 0.923. The van der Waals surface area contributed by atoms with Crippen LogP contribution in [0.4, 0.5) is 0 Å². The van der Waals surface area contributed by atoms with Crippen LogP contribution < -0.4 is 11.1 Å². The fourth-order valence-corrected chi connectivity index (χ4v) is 2.74. The number of carbonyl (C=O) groups excluding carboxylic acids is 1. The average molecular weight is 311 g/mol. The van der Waals surface area contributed by atoms with Crippen molar-refractivity contribution in [3.05, 3.63) is 0 Å². The van der Waals surface area contributed by atoms with Crippen LogP contribution in [-0.2, 0) is 9.53 Å². The number of halogens is 1. The van der Waals surface area contributed by atoms with Crippen LogP contribution in [0.2, 0.25) is 0 Å². The Morgan fingerprint density at radius 3 is 2.37 bits per heavy atom. The molecule has 1 saturated heterocycles. The van der Waals surface area contributed by atoms with Crippen molar-refractivity contribution in [2.75, 3.05) is 26.0 Å². The van der Waals surface area contributed by atoms with Gasteiger partial charge in [-0.3, -0.25) is 4.79 Å². The molecule has 1 heterocycles. The Labute approximate surface area is 127 Å². The van der Waals surface area contributed by atoms with Gasteiger partial charge in [0.1, 0.15) is 0 Å². The molecule has 1 aliphatic heterocycles. The summed E-state index contributed by atoms with van der Waals surface area (Å²) >= 11 is 1.82. The van der Waals surface area contributed by atoms with Crippen molar-refractivity contribution >= 4 is 30.1 Å². The zero-order chi connectivity index (χ0) is 13.8. The molecule has 0 spiro atoms. The first-order chi connectivity index (χ1) is 8.31. The fourth-order valence-electron chi connectivity index (χ4n) is 1.95. The molecule has 1 rings (SSSR count). The van der Waals surface area contributed by atoms with Crippen molar-refractivity contribution in [3.8, 4) is 0 Å². The Hall–Kier alpha value is 0.0300. The van der Waals surface area contributed by atoms with Gasteiger partial charge < -0.3 is 15.8 Å². The monoisotopic (exact) mass is 310 g/mol. The number of thioether (sulfide) groups is 1. The molecule has 1 fully saturated rings. The Bertz CT molecular complexity index is 289. The summed E-state index contributed by atoms with van der Waals surface area (Å²) in [6.07, 6.45) is 4.07. The number of hydrogen-bond donors (Lipinski definition) is 2. The minimum Gasteiger partial charge on any atom is -0.381 e. The Balaban J connectivity index is 0.00000324. The molecule has 19 heavy (non-hydrogen) atoms. The highest BCUT2D eigenvalue weighted by Crippen LogP contribution is 2.33. The van der Waals surface area contributed by atoms with Crippen molar-refractivity contribution in [3.63, 3.8) is 0 Å². The zero-order valence-electron chi connectivity index (χ0n) is 12.3. The first-order valence-electron chi connectivity index (χ1n) is 6.47. The lowest BCUT2D eigenvalue weighted by Gasteiger charge is -2.36. The predicted molar refractivity (Wildman–Crippen MR) is 84.0 cm³/mol. The molecule has 0 unspecified atom stereocenters. The molecular weight excluding hydrogens is 284 g/mol. The Morgan fingerprint density at radius 2 is 1.95 bits per heavy atom. The molecule has 0 bridgehead atoms. The van der Waals surface area contributed by atoms with Crippen LogP contribution in [0.1, 0.15) is 33.6 Å². The van der Waals surface area contributed by atoms with E-state index in [1.54, 1.807) is 0 Å². The number of hydrogen-bond acceptors (Lipinski definition) is 4. The largest absolute Gasteiger partial charge is 0.381 e. The van der Waals surface area contributed by atoms with Crippen LogP contribution in [0.15, 0.2) is 0 Å². The molecule has 114 valence electrons. The summed E-state index contributed by atoms with van der Waals surface area (Å²) in [4.78, 5) is 12.0. The molecule has 3 N–H and O–H groups in total. The van der Waals surface area contributed by atoms with Gasteiger partial charge in [-0.05, 0) is 24.5 Å². The van der Waals surface area contributed by atoms with Crippen molar-refractivity contribution in [2.24, 2.45) is 11.1 Å². The van der Waals surface area contributed by atoms with Gasteiger partial charge in [0, 0.05) is 24.5 Å². The standard InChI is InChI=1S/C13H26N2O2S.ClH/c1-12(2,3)10(14)11(16)15-9-13(18-4)5-7-17-8-6-13;/h10H,5-9,14H2,1-4H3,(H,15,16);1H/t10-;/m1./s1. The Morgan fingerprint density at radius 1 is 1.42 bits per heavy atom. The molecule has 4 nitrogen and oxygen atoms in total. The van der Waals surface area contributed by atoms with Crippen molar-refractivity contribution < 1.29 is 9.53 Å². The van der Waals surface area contributed by atoms with E-state index in [4.69, 9.17) is 10.5 Å². The Kier molecular flexibility index (Phi) is 7.73. The first kappa shape index (κ1) is 19.0. The average Bonchev–Trinajstić information content (AvgIpc) is 2.35. The molecule has 0 saturated carbocycles. The smallest absolute Gasteiger partial charge is 0.237 e. The number of carbonyl (C=O) groups is 1. The van der Waals surface area contributed by atoms with Gasteiger partial charge in [-0.25, -0.2) is 0 Å². The van der Waals surface area contributed by atoms with E-state index in [0.717, 1.165) is 26.1 Å². The molecule has 0 radical (unpaired) electrons. The summed E-state index contributed by atoms with van der Waals surface area (Å²) in [5.74, 6) is -0.0533. The minimum atomic E-state index is -0.462. The number of nitrogens with one attached hydrogen (secondary N) is 1. The third-order valence-corrected chi connectivity index (χ3v) is 5.06. The maximum absolute atomic E-state index is 12.0. The highest BCUT2D eigenvalue weighted by molar-refractivity contribution is 8.00. The van der Waals surface area contributed by atoms with Gasteiger partial charge in [0.15, 0.2) is 0 Å². The lowest BCUT2D eigenvalue weighted by molar-refractivity contribution is -0.124. The van der Waals surface area contributed by atoms with Gasteiger partial charge in [-0.2, -0.15) is 11.8 Å². The highest BCUT2D eigenvalue weighted by Gasteiger charge is 2.34. The van der Waals surface area contributed by atoms with Crippen LogP contribution in [0, 0.1) is 5.41 Å². The minimum absolute atomic E-state index is 0.